The van der Waals surface area contributed by atoms with Gasteiger partial charge in [0.2, 0.25) is 0 Å². The minimum absolute atomic E-state index is 0.0616. The molecule has 0 aromatic rings. The molecule has 5 unspecified atom stereocenters. The van der Waals surface area contributed by atoms with E-state index in [4.69, 9.17) is 37.0 Å². The Balaban J connectivity index is 5.43. The van der Waals surface area contributed by atoms with Crippen LogP contribution in [-0.2, 0) is 65.4 Å². The molecule has 0 bridgehead atoms. The SMILES string of the molecule is CC/C=C\C/C=C\C/C=C\C/C=C\C/C=C\CCCC(=O)OCC(COP(=O)(O)OCC(O)COP(=O)(O)OCC(COC(=O)CCCCCCC/C=C\C/C=C\C/C=C\CC)OC(=O)CCCCCCC/C=C\C/C=C\CCC)OC(=O)CCCCCCC/C=C\C/C=C\CCC. The standard InChI is InChI=1S/C79H130O17P2/c1-5-9-13-17-21-25-29-33-35-36-38-42-44-48-52-56-60-64-77(82)90-70-75(96-79(84)66-62-58-54-50-46-40-32-28-24-20-16-12-8-4)72-94-98(87,88)92-68-73(80)67-91-97(85,86)93-71-74(95-78(83)65-61-57-53-49-45-39-31-27-23-19-15-11-7-3)69-89-76(81)63-59-55-51-47-43-41-37-34-30-26-22-18-14-10-6-2/h9-10,13-16,19-22,25-28,31-35,37-38,42,48,52,73-75,80H,5-8,11-12,17-18,23-24,29-30,36,39-41,43-47,49-51,53-72H2,1-4H3,(H,85,86)(H,87,88)/b13-9-,14-10-,19-15-,20-16-,25-21-,26-22-,31-27-,32-28-,35-33-,37-34-,42-38-,52-48-. The van der Waals surface area contributed by atoms with Crippen molar-refractivity contribution in [1.29, 1.82) is 0 Å². The van der Waals surface area contributed by atoms with E-state index in [1.807, 2.05) is 12.2 Å². The van der Waals surface area contributed by atoms with Gasteiger partial charge in [-0.25, -0.2) is 9.13 Å². The smallest absolute Gasteiger partial charge is 0.462 e. The maximum Gasteiger partial charge on any atom is 0.472 e. The van der Waals surface area contributed by atoms with Gasteiger partial charge in [-0.2, -0.15) is 0 Å². The minimum Gasteiger partial charge on any atom is -0.462 e. The molecule has 98 heavy (non-hydrogen) atoms. The predicted molar refractivity (Wildman–Crippen MR) is 399 cm³/mol. The van der Waals surface area contributed by atoms with E-state index in [-0.39, 0.29) is 25.7 Å². The van der Waals surface area contributed by atoms with Crippen LogP contribution < -0.4 is 0 Å². The fraction of sp³-hybridized carbons (Fsp3) is 0.646. The normalized spacial score (nSPS) is 14.8. The summed E-state index contributed by atoms with van der Waals surface area (Å²) in [5.41, 5.74) is 0. The third-order valence-electron chi connectivity index (χ3n) is 14.7. The molecule has 0 aromatic heterocycles. The van der Waals surface area contributed by atoms with E-state index in [0.717, 1.165) is 186 Å². The highest BCUT2D eigenvalue weighted by atomic mass is 31.2. The highest BCUT2D eigenvalue weighted by Crippen LogP contribution is 2.45. The molecular formula is C79H130O17P2. The van der Waals surface area contributed by atoms with Crippen molar-refractivity contribution in [2.24, 2.45) is 0 Å². The quantitative estimate of drug-likeness (QED) is 0.0169. The summed E-state index contributed by atoms with van der Waals surface area (Å²) in [5.74, 6) is -2.30. The van der Waals surface area contributed by atoms with E-state index in [0.29, 0.717) is 32.1 Å². The van der Waals surface area contributed by atoms with Crippen LogP contribution in [0.25, 0.3) is 0 Å². The van der Waals surface area contributed by atoms with Gasteiger partial charge in [-0.3, -0.25) is 37.3 Å². The first-order chi connectivity index (χ1) is 47.7. The number of carbonyl (C=O) groups is 4. The molecule has 0 aliphatic carbocycles. The molecule has 19 heteroatoms. The monoisotopic (exact) mass is 1410 g/mol. The molecule has 3 N–H and O–H groups in total. The number of hydrogen-bond acceptors (Lipinski definition) is 15. The zero-order valence-corrected chi connectivity index (χ0v) is 62.4. The van der Waals surface area contributed by atoms with Gasteiger partial charge in [-0.15, -0.1) is 0 Å². The topological polar surface area (TPSA) is 237 Å². The van der Waals surface area contributed by atoms with Crippen LogP contribution in [0.2, 0.25) is 0 Å². The van der Waals surface area contributed by atoms with Crippen LogP contribution in [0.4, 0.5) is 0 Å². The zero-order chi connectivity index (χ0) is 71.8. The summed E-state index contributed by atoms with van der Waals surface area (Å²) in [7, 11) is -9.98. The number of esters is 4. The molecule has 0 aliphatic heterocycles. The minimum atomic E-state index is -4.99. The lowest BCUT2D eigenvalue weighted by Crippen LogP contribution is -2.30. The van der Waals surface area contributed by atoms with Crippen LogP contribution >= 0.6 is 15.6 Å². The molecule has 0 aliphatic rings. The second kappa shape index (κ2) is 70.4. The van der Waals surface area contributed by atoms with Crippen molar-refractivity contribution in [3.8, 4) is 0 Å². The molecule has 0 rings (SSSR count). The molecule has 0 aromatic carbocycles. The molecule has 5 atom stereocenters. The summed E-state index contributed by atoms with van der Waals surface area (Å²) in [6, 6.07) is 0. The van der Waals surface area contributed by atoms with E-state index in [1.54, 1.807) is 0 Å². The Bertz CT molecular complexity index is 2430. The highest BCUT2D eigenvalue weighted by Gasteiger charge is 2.30. The van der Waals surface area contributed by atoms with Crippen LogP contribution in [0.5, 0.6) is 0 Å². The summed E-state index contributed by atoms with van der Waals surface area (Å²) >= 11 is 0. The number of carbonyl (C=O) groups excluding carboxylic acids is 4. The fourth-order valence-electron chi connectivity index (χ4n) is 9.17. The van der Waals surface area contributed by atoms with E-state index < -0.39 is 97.5 Å². The summed E-state index contributed by atoms with van der Waals surface area (Å²) < 4.78 is 68.3. The van der Waals surface area contributed by atoms with E-state index >= 15 is 0 Å². The average molecular weight is 1410 g/mol. The van der Waals surface area contributed by atoms with Gasteiger partial charge in [0.05, 0.1) is 26.4 Å². The predicted octanol–water partition coefficient (Wildman–Crippen LogP) is 21.1. The summed E-state index contributed by atoms with van der Waals surface area (Å²) in [4.78, 5) is 72.8. The lowest BCUT2D eigenvalue weighted by Gasteiger charge is -2.21. The highest BCUT2D eigenvalue weighted by molar-refractivity contribution is 7.47. The largest absolute Gasteiger partial charge is 0.472 e. The van der Waals surface area contributed by atoms with Crippen LogP contribution in [0.1, 0.15) is 272 Å². The number of hydrogen-bond donors (Lipinski definition) is 3. The van der Waals surface area contributed by atoms with Gasteiger partial charge < -0.3 is 33.8 Å². The molecule has 0 spiro atoms. The summed E-state index contributed by atoms with van der Waals surface area (Å²) in [6.45, 7) is 4.37. The molecule has 0 amide bonds. The van der Waals surface area contributed by atoms with E-state index in [1.165, 1.54) is 0 Å². The van der Waals surface area contributed by atoms with Crippen molar-refractivity contribution < 1.29 is 80.2 Å². The van der Waals surface area contributed by atoms with Crippen LogP contribution in [0.15, 0.2) is 146 Å². The van der Waals surface area contributed by atoms with Gasteiger partial charge in [0, 0.05) is 25.7 Å². The second-order valence-corrected chi connectivity index (χ2v) is 27.0. The van der Waals surface area contributed by atoms with Gasteiger partial charge in [0.15, 0.2) is 12.2 Å². The van der Waals surface area contributed by atoms with E-state index in [9.17, 15) is 43.2 Å². The molecule has 0 fully saturated rings. The Kier molecular flexibility index (Phi) is 66.7. The van der Waals surface area contributed by atoms with Crippen molar-refractivity contribution in [2.45, 2.75) is 290 Å². The Morgan fingerprint density at radius 3 is 0.857 bits per heavy atom. The number of phosphoric acid groups is 2. The van der Waals surface area contributed by atoms with Gasteiger partial charge in [-0.1, -0.05) is 244 Å². The molecule has 0 heterocycles. The number of allylic oxidation sites excluding steroid dienone is 24. The number of aliphatic hydroxyl groups excluding tert-OH is 1. The third kappa shape index (κ3) is 69.4. The van der Waals surface area contributed by atoms with Crippen molar-refractivity contribution in [1.82, 2.24) is 0 Å². The number of ether oxygens (including phenoxy) is 4. The third-order valence-corrected chi connectivity index (χ3v) is 16.6. The average Bonchev–Trinajstić information content (AvgIpc) is 0.969. The van der Waals surface area contributed by atoms with Gasteiger partial charge in [0.25, 0.3) is 0 Å². The first kappa shape index (κ1) is 92.9. The molecular weight excluding hydrogens is 1280 g/mol. The van der Waals surface area contributed by atoms with Crippen LogP contribution in [0.3, 0.4) is 0 Å². The van der Waals surface area contributed by atoms with Crippen molar-refractivity contribution in [3.05, 3.63) is 146 Å². The number of rotatable bonds is 68. The fourth-order valence-corrected chi connectivity index (χ4v) is 10.7. The van der Waals surface area contributed by atoms with E-state index in [2.05, 4.69) is 161 Å². The molecule has 0 radical (unpaired) electrons. The Morgan fingerprint density at radius 1 is 0.296 bits per heavy atom. The molecule has 0 saturated heterocycles. The zero-order valence-electron chi connectivity index (χ0n) is 60.7. The van der Waals surface area contributed by atoms with Crippen LogP contribution in [-0.4, -0.2) is 96.7 Å². The lowest BCUT2D eigenvalue weighted by molar-refractivity contribution is -0.161. The first-order valence-corrected chi connectivity index (χ1v) is 40.1. The first-order valence-electron chi connectivity index (χ1n) is 37.1. The van der Waals surface area contributed by atoms with Crippen molar-refractivity contribution >= 4 is 39.5 Å². The summed E-state index contributed by atoms with van der Waals surface area (Å²) in [6.07, 6.45) is 78.5. The maximum absolute atomic E-state index is 13.1. The van der Waals surface area contributed by atoms with Crippen LogP contribution in [0, 0.1) is 0 Å². The molecule has 0 saturated carbocycles. The Morgan fingerprint density at radius 2 is 0.541 bits per heavy atom. The second-order valence-electron chi connectivity index (χ2n) is 24.1. The Hall–Kier alpha value is -5.06. The molecule has 17 nitrogen and oxygen atoms in total. The maximum atomic E-state index is 13.1. The van der Waals surface area contributed by atoms with Gasteiger partial charge in [0.1, 0.15) is 19.3 Å². The number of unbranched alkanes of at least 4 members (excludes halogenated alkanes) is 18. The molecule has 558 valence electrons. The lowest BCUT2D eigenvalue weighted by atomic mass is 10.1. The number of phosphoric ester groups is 2. The van der Waals surface area contributed by atoms with Crippen molar-refractivity contribution in [3.63, 3.8) is 0 Å². The van der Waals surface area contributed by atoms with Gasteiger partial charge in [-0.05, 0) is 148 Å². The van der Waals surface area contributed by atoms with Gasteiger partial charge >= 0.3 is 39.5 Å². The number of aliphatic hydroxyl groups is 1. The van der Waals surface area contributed by atoms with Crippen molar-refractivity contribution in [2.75, 3.05) is 39.6 Å². The summed E-state index contributed by atoms with van der Waals surface area (Å²) in [5, 5.41) is 10.6. The Labute approximate surface area is 592 Å².